The molecule has 154 valence electrons. The summed E-state index contributed by atoms with van der Waals surface area (Å²) in [6, 6.07) is 15.6. The van der Waals surface area contributed by atoms with E-state index in [1.165, 1.54) is 22.3 Å². The monoisotopic (exact) mass is 403 g/mol. The average Bonchev–Trinajstić information content (AvgIpc) is 3.44. The van der Waals surface area contributed by atoms with Crippen molar-refractivity contribution in [2.24, 2.45) is 0 Å². The molecule has 0 atom stereocenters. The molecule has 0 bridgehead atoms. The van der Waals surface area contributed by atoms with Crippen LogP contribution < -0.4 is 14.7 Å². The molecule has 30 heavy (non-hydrogen) atoms. The molecule has 2 aliphatic rings. The van der Waals surface area contributed by atoms with E-state index in [2.05, 4.69) is 62.3 Å². The van der Waals surface area contributed by atoms with Gasteiger partial charge in [0.25, 0.3) is 6.01 Å². The summed E-state index contributed by atoms with van der Waals surface area (Å²) >= 11 is 0. The van der Waals surface area contributed by atoms with Crippen molar-refractivity contribution in [2.75, 3.05) is 67.2 Å². The van der Waals surface area contributed by atoms with Gasteiger partial charge in [-0.05, 0) is 24.3 Å². The van der Waals surface area contributed by atoms with Gasteiger partial charge in [0.05, 0.1) is 18.9 Å². The number of aromatic amines is 1. The lowest BCUT2D eigenvalue weighted by Crippen LogP contribution is -2.46. The first-order chi connectivity index (χ1) is 14.8. The Labute approximate surface area is 174 Å². The predicted octanol–water partition coefficient (Wildman–Crippen LogP) is 3.47. The average molecular weight is 403 g/mol. The maximum Gasteiger partial charge on any atom is 0.298 e. The Morgan fingerprint density at radius 3 is 2.50 bits per heavy atom. The molecule has 1 N–H and O–H groups in total. The third kappa shape index (κ3) is 3.06. The molecule has 2 fully saturated rings. The van der Waals surface area contributed by atoms with Gasteiger partial charge >= 0.3 is 0 Å². The van der Waals surface area contributed by atoms with Gasteiger partial charge in [0, 0.05) is 62.1 Å². The van der Waals surface area contributed by atoms with Crippen molar-refractivity contribution in [3.63, 3.8) is 0 Å². The van der Waals surface area contributed by atoms with Gasteiger partial charge in [-0.3, -0.25) is 0 Å². The van der Waals surface area contributed by atoms with Crippen LogP contribution in [0.2, 0.25) is 0 Å². The zero-order valence-electron chi connectivity index (χ0n) is 16.9. The molecule has 2 saturated heterocycles. The summed E-state index contributed by atoms with van der Waals surface area (Å²) < 4.78 is 11.4. The molecule has 2 aromatic heterocycles. The van der Waals surface area contributed by atoms with Crippen LogP contribution in [0.3, 0.4) is 0 Å². The van der Waals surface area contributed by atoms with Gasteiger partial charge in [-0.15, -0.1) is 0 Å². The number of hydrogen-bond donors (Lipinski definition) is 1. The normalized spacial score (nSPS) is 17.9. The molecule has 2 aliphatic heterocycles. The Morgan fingerprint density at radius 1 is 0.833 bits per heavy atom. The number of nitrogens with zero attached hydrogens (tertiary/aromatic N) is 4. The summed E-state index contributed by atoms with van der Waals surface area (Å²) in [5.41, 5.74) is 5.48. The van der Waals surface area contributed by atoms with Crippen molar-refractivity contribution in [3.8, 4) is 0 Å². The van der Waals surface area contributed by atoms with E-state index in [1.807, 2.05) is 6.07 Å². The van der Waals surface area contributed by atoms with Crippen LogP contribution in [0.1, 0.15) is 0 Å². The third-order valence-electron chi connectivity index (χ3n) is 6.19. The van der Waals surface area contributed by atoms with Gasteiger partial charge in [-0.1, -0.05) is 18.2 Å². The van der Waals surface area contributed by atoms with Gasteiger partial charge in [0.15, 0.2) is 5.58 Å². The Morgan fingerprint density at radius 2 is 1.63 bits per heavy atom. The fraction of sp³-hybridized carbons (Fsp3) is 0.348. The number of morpholine rings is 1. The van der Waals surface area contributed by atoms with E-state index in [0.29, 0.717) is 6.01 Å². The summed E-state index contributed by atoms with van der Waals surface area (Å²) in [4.78, 5) is 15.2. The quantitative estimate of drug-likeness (QED) is 0.565. The fourth-order valence-corrected chi connectivity index (χ4v) is 4.51. The fourth-order valence-electron chi connectivity index (χ4n) is 4.51. The summed E-state index contributed by atoms with van der Waals surface area (Å²) in [5, 5.41) is 1.30. The predicted molar refractivity (Wildman–Crippen MR) is 120 cm³/mol. The zero-order chi connectivity index (χ0) is 19.9. The maximum atomic E-state index is 5.99. The summed E-state index contributed by atoms with van der Waals surface area (Å²) in [7, 11) is 0. The number of piperazine rings is 1. The Bertz CT molecular complexity index is 1170. The third-order valence-corrected chi connectivity index (χ3v) is 6.19. The molecule has 0 radical (unpaired) electrons. The Kier molecular flexibility index (Phi) is 4.27. The van der Waals surface area contributed by atoms with E-state index in [-0.39, 0.29) is 0 Å². The van der Waals surface area contributed by atoms with Crippen molar-refractivity contribution in [1.29, 1.82) is 0 Å². The van der Waals surface area contributed by atoms with E-state index in [4.69, 9.17) is 14.1 Å². The van der Waals surface area contributed by atoms with Gasteiger partial charge in [-0.25, -0.2) is 0 Å². The highest BCUT2D eigenvalue weighted by molar-refractivity contribution is 5.93. The number of fused-ring (bicyclic) bond motifs is 2. The van der Waals surface area contributed by atoms with Gasteiger partial charge in [0.2, 0.25) is 0 Å². The second-order valence-electron chi connectivity index (χ2n) is 7.94. The first-order valence-electron chi connectivity index (χ1n) is 10.6. The van der Waals surface area contributed by atoms with Crippen LogP contribution in [0.25, 0.3) is 22.0 Å². The van der Waals surface area contributed by atoms with Crippen molar-refractivity contribution in [2.45, 2.75) is 0 Å². The smallest absolute Gasteiger partial charge is 0.298 e. The summed E-state index contributed by atoms with van der Waals surface area (Å²) in [5.74, 6) is 0. The minimum absolute atomic E-state index is 0.703. The molecule has 0 amide bonds. The molecular weight excluding hydrogens is 378 g/mol. The molecule has 4 heterocycles. The van der Waals surface area contributed by atoms with E-state index >= 15 is 0 Å². The standard InChI is InChI=1S/C23H25N5O2/c1-2-4-19-18(3-1)21(16-24-19)27-9-7-26(8-10-27)17-5-6-22-20(15-17)25-23(30-22)28-11-13-29-14-12-28/h1-6,15-16,24H,7-14H2. The van der Waals surface area contributed by atoms with Gasteiger partial charge in [-0.2, -0.15) is 4.98 Å². The number of para-hydroxylation sites is 1. The lowest BCUT2D eigenvalue weighted by atomic mass is 10.2. The molecule has 4 aromatic rings. The highest BCUT2D eigenvalue weighted by Gasteiger charge is 2.21. The Balaban J connectivity index is 1.19. The van der Waals surface area contributed by atoms with E-state index in [1.54, 1.807) is 0 Å². The number of ether oxygens (including phenoxy) is 1. The first-order valence-corrected chi connectivity index (χ1v) is 10.6. The Hall–Kier alpha value is -3.19. The first kappa shape index (κ1) is 17.7. The number of oxazole rings is 1. The van der Waals surface area contributed by atoms with Crippen molar-refractivity contribution < 1.29 is 9.15 Å². The van der Waals surface area contributed by atoms with Crippen LogP contribution in [-0.4, -0.2) is 62.5 Å². The second-order valence-corrected chi connectivity index (χ2v) is 7.94. The minimum Gasteiger partial charge on any atom is -0.423 e. The van der Waals surface area contributed by atoms with Crippen LogP contribution >= 0.6 is 0 Å². The minimum atomic E-state index is 0.703. The number of aromatic nitrogens is 2. The number of anilines is 3. The van der Waals surface area contributed by atoms with Gasteiger partial charge in [0.1, 0.15) is 5.52 Å². The zero-order valence-corrected chi connectivity index (χ0v) is 16.9. The highest BCUT2D eigenvalue weighted by atomic mass is 16.5. The van der Waals surface area contributed by atoms with Crippen LogP contribution in [0.4, 0.5) is 17.4 Å². The molecule has 7 heteroatoms. The number of hydrogen-bond acceptors (Lipinski definition) is 6. The lowest BCUT2D eigenvalue weighted by molar-refractivity contribution is 0.120. The number of H-pyrrole nitrogens is 1. The van der Waals surface area contributed by atoms with E-state index in [0.717, 1.165) is 63.6 Å². The molecule has 2 aromatic carbocycles. The van der Waals surface area contributed by atoms with Crippen molar-refractivity contribution >= 4 is 39.4 Å². The molecule has 6 rings (SSSR count). The van der Waals surface area contributed by atoms with Crippen LogP contribution in [-0.2, 0) is 4.74 Å². The van der Waals surface area contributed by atoms with Crippen LogP contribution in [0.5, 0.6) is 0 Å². The topological polar surface area (TPSA) is 60.8 Å². The number of rotatable bonds is 3. The highest BCUT2D eigenvalue weighted by Crippen LogP contribution is 2.30. The van der Waals surface area contributed by atoms with Gasteiger partial charge < -0.3 is 28.8 Å². The molecule has 0 spiro atoms. The summed E-state index contributed by atoms with van der Waals surface area (Å²) in [6.45, 7) is 7.08. The molecule has 0 aliphatic carbocycles. The number of benzene rings is 2. The maximum absolute atomic E-state index is 5.99. The molecule has 0 saturated carbocycles. The lowest BCUT2D eigenvalue weighted by Gasteiger charge is -2.37. The largest absolute Gasteiger partial charge is 0.423 e. The van der Waals surface area contributed by atoms with Crippen LogP contribution in [0.15, 0.2) is 53.1 Å². The van der Waals surface area contributed by atoms with Crippen molar-refractivity contribution in [3.05, 3.63) is 48.7 Å². The van der Waals surface area contributed by atoms with E-state index < -0.39 is 0 Å². The van der Waals surface area contributed by atoms with Crippen LogP contribution in [0, 0.1) is 0 Å². The molecule has 0 unspecified atom stereocenters. The molecular formula is C23H25N5O2. The molecule has 7 nitrogen and oxygen atoms in total. The summed E-state index contributed by atoms with van der Waals surface area (Å²) in [6.07, 6.45) is 2.13. The SMILES string of the molecule is c1ccc2c(N3CCN(c4ccc5oc(N6CCOCC6)nc5c4)CC3)c[nH]c2c1. The van der Waals surface area contributed by atoms with Crippen molar-refractivity contribution in [1.82, 2.24) is 9.97 Å². The number of nitrogens with one attached hydrogen (secondary N) is 1. The second kappa shape index (κ2) is 7.25. The van der Waals surface area contributed by atoms with E-state index in [9.17, 15) is 0 Å².